The van der Waals surface area contributed by atoms with Crippen LogP contribution in [0.15, 0.2) is 51.9 Å². The van der Waals surface area contributed by atoms with Crippen LogP contribution in [0.5, 0.6) is 0 Å². The lowest BCUT2D eigenvalue weighted by atomic mass is 9.94. The van der Waals surface area contributed by atoms with Gasteiger partial charge in [0, 0.05) is 41.1 Å². The number of anilines is 2. The smallest absolute Gasteiger partial charge is 0.337 e. The second-order valence-electron chi connectivity index (χ2n) is 8.96. The minimum atomic E-state index is -0.991. The highest BCUT2D eigenvalue weighted by molar-refractivity contribution is 9.10. The van der Waals surface area contributed by atoms with Crippen LogP contribution in [0, 0.1) is 5.41 Å². The molecule has 2 fully saturated rings. The Labute approximate surface area is 194 Å². The third-order valence-corrected chi connectivity index (χ3v) is 7.28. The van der Waals surface area contributed by atoms with Gasteiger partial charge in [-0.05, 0) is 72.2 Å². The summed E-state index contributed by atoms with van der Waals surface area (Å²) >= 11 is 3.50. The van der Waals surface area contributed by atoms with Crippen molar-refractivity contribution in [1.82, 2.24) is 9.38 Å². The number of carbonyl (C=O) groups is 1. The van der Waals surface area contributed by atoms with Gasteiger partial charge >= 0.3 is 5.97 Å². The van der Waals surface area contributed by atoms with Crippen LogP contribution in [0.3, 0.4) is 0 Å². The van der Waals surface area contributed by atoms with Crippen molar-refractivity contribution in [1.29, 1.82) is 0 Å². The number of aromatic nitrogens is 2. The molecule has 2 N–H and O–H groups in total. The Morgan fingerprint density at radius 1 is 1.19 bits per heavy atom. The van der Waals surface area contributed by atoms with Gasteiger partial charge in [-0.3, -0.25) is 9.20 Å². The standard InChI is InChI=1S/C24H25BrN4O3/c1-15(26-19-5-3-2-4-17(19)23(31)32)18-12-16(25)14-29-21(30)13-20(27-22(18)29)28-10-8-24(6-7-24)9-11-28/h2-5,12-15,26H,6-11H2,1H3,(H,31,32)/t15-/m1/s1. The number of piperidine rings is 1. The quantitative estimate of drug-likeness (QED) is 0.531. The van der Waals surface area contributed by atoms with Crippen molar-refractivity contribution in [2.45, 2.75) is 38.6 Å². The van der Waals surface area contributed by atoms with E-state index in [1.807, 2.05) is 13.0 Å². The van der Waals surface area contributed by atoms with Gasteiger partial charge in [-0.1, -0.05) is 12.1 Å². The van der Waals surface area contributed by atoms with Gasteiger partial charge in [0.25, 0.3) is 5.56 Å². The zero-order valence-corrected chi connectivity index (χ0v) is 19.4. The highest BCUT2D eigenvalue weighted by atomic mass is 79.9. The van der Waals surface area contributed by atoms with Gasteiger partial charge in [0.1, 0.15) is 11.5 Å². The number of fused-ring (bicyclic) bond motifs is 1. The molecule has 1 aliphatic carbocycles. The Bertz CT molecular complexity index is 1260. The molecule has 3 aromatic rings. The minimum absolute atomic E-state index is 0.127. The molecule has 3 heterocycles. The maximum absolute atomic E-state index is 13.0. The number of pyridine rings is 1. The predicted octanol–water partition coefficient (Wildman–Crippen LogP) is 4.71. The van der Waals surface area contributed by atoms with Crippen molar-refractivity contribution >= 4 is 39.1 Å². The molecule has 1 spiro atoms. The first kappa shape index (κ1) is 21.0. The summed E-state index contributed by atoms with van der Waals surface area (Å²) in [5.41, 5.74) is 2.54. The SMILES string of the molecule is C[C@@H](Nc1ccccc1C(=O)O)c1cc(Br)cn2c(=O)cc(N3CCC4(CC3)CC4)nc12. The summed E-state index contributed by atoms with van der Waals surface area (Å²) in [6, 6.07) is 10.1. The third-order valence-electron chi connectivity index (χ3n) is 6.84. The van der Waals surface area contributed by atoms with Crippen LogP contribution in [0.2, 0.25) is 0 Å². The number of carboxylic acids is 1. The summed E-state index contributed by atoms with van der Waals surface area (Å²) in [5.74, 6) is -0.276. The number of benzene rings is 1. The lowest BCUT2D eigenvalue weighted by molar-refractivity contribution is 0.0698. The molecular formula is C24H25BrN4O3. The molecule has 2 aliphatic rings. The number of rotatable bonds is 5. The molecule has 1 atom stereocenters. The molecular weight excluding hydrogens is 472 g/mol. The Morgan fingerprint density at radius 3 is 2.59 bits per heavy atom. The number of carboxylic acid groups (broad SMARTS) is 1. The first-order valence-electron chi connectivity index (χ1n) is 10.9. The molecule has 1 aromatic carbocycles. The lowest BCUT2D eigenvalue weighted by Gasteiger charge is -2.33. The second-order valence-corrected chi connectivity index (χ2v) is 9.88. The van der Waals surface area contributed by atoms with Crippen LogP contribution in [0.25, 0.3) is 5.65 Å². The molecule has 32 heavy (non-hydrogen) atoms. The highest BCUT2D eigenvalue weighted by Gasteiger charge is 2.44. The molecule has 166 valence electrons. The average Bonchev–Trinajstić information content (AvgIpc) is 3.53. The Morgan fingerprint density at radius 2 is 1.91 bits per heavy atom. The van der Waals surface area contributed by atoms with Crippen molar-refractivity contribution in [3.8, 4) is 0 Å². The first-order valence-corrected chi connectivity index (χ1v) is 11.7. The van der Waals surface area contributed by atoms with Crippen molar-refractivity contribution in [3.05, 3.63) is 68.5 Å². The normalized spacial score (nSPS) is 18.0. The van der Waals surface area contributed by atoms with Crippen LogP contribution in [0.4, 0.5) is 11.5 Å². The number of hydrogen-bond donors (Lipinski definition) is 2. The van der Waals surface area contributed by atoms with Crippen molar-refractivity contribution in [3.63, 3.8) is 0 Å². The van der Waals surface area contributed by atoms with Crippen LogP contribution in [-0.4, -0.2) is 33.6 Å². The summed E-state index contributed by atoms with van der Waals surface area (Å²) < 4.78 is 2.31. The van der Waals surface area contributed by atoms with Crippen LogP contribution in [0.1, 0.15) is 54.6 Å². The van der Waals surface area contributed by atoms with E-state index in [1.54, 1.807) is 40.9 Å². The van der Waals surface area contributed by atoms with E-state index >= 15 is 0 Å². The van der Waals surface area contributed by atoms with E-state index in [1.165, 1.54) is 12.8 Å². The zero-order chi connectivity index (χ0) is 22.5. The van der Waals surface area contributed by atoms with Gasteiger partial charge in [-0.2, -0.15) is 0 Å². The molecule has 1 saturated heterocycles. The fourth-order valence-corrected chi connectivity index (χ4v) is 5.11. The van der Waals surface area contributed by atoms with Gasteiger partial charge in [0.15, 0.2) is 0 Å². The predicted molar refractivity (Wildman–Crippen MR) is 128 cm³/mol. The Balaban J connectivity index is 1.53. The topological polar surface area (TPSA) is 86.9 Å². The highest BCUT2D eigenvalue weighted by Crippen LogP contribution is 2.53. The summed E-state index contributed by atoms with van der Waals surface area (Å²) in [6.45, 7) is 3.79. The molecule has 0 unspecified atom stereocenters. The summed E-state index contributed by atoms with van der Waals surface area (Å²) in [4.78, 5) is 31.7. The monoisotopic (exact) mass is 496 g/mol. The van der Waals surface area contributed by atoms with E-state index in [0.717, 1.165) is 36.0 Å². The van der Waals surface area contributed by atoms with Crippen molar-refractivity contribution in [2.75, 3.05) is 23.3 Å². The molecule has 5 rings (SSSR count). The van der Waals surface area contributed by atoms with Crippen LogP contribution in [-0.2, 0) is 0 Å². The molecule has 0 amide bonds. The first-order chi connectivity index (χ1) is 15.3. The third kappa shape index (κ3) is 3.88. The Hall–Kier alpha value is -2.87. The minimum Gasteiger partial charge on any atom is -0.478 e. The maximum Gasteiger partial charge on any atom is 0.337 e. The zero-order valence-electron chi connectivity index (χ0n) is 17.8. The average molecular weight is 497 g/mol. The van der Waals surface area contributed by atoms with Gasteiger partial charge < -0.3 is 15.3 Å². The van der Waals surface area contributed by atoms with Crippen molar-refractivity contribution in [2.24, 2.45) is 5.41 Å². The van der Waals surface area contributed by atoms with E-state index in [0.29, 0.717) is 22.6 Å². The molecule has 1 aliphatic heterocycles. The second kappa shape index (κ2) is 7.92. The van der Waals surface area contributed by atoms with Crippen LogP contribution >= 0.6 is 15.9 Å². The number of nitrogens with one attached hydrogen (secondary N) is 1. The number of hydrogen-bond acceptors (Lipinski definition) is 5. The number of halogens is 1. The number of nitrogens with zero attached hydrogens (tertiary/aromatic N) is 3. The maximum atomic E-state index is 13.0. The number of aromatic carboxylic acids is 1. The van der Waals surface area contributed by atoms with Crippen molar-refractivity contribution < 1.29 is 9.90 Å². The molecule has 8 heteroatoms. The summed E-state index contributed by atoms with van der Waals surface area (Å²) in [5, 5.41) is 12.8. The molecule has 1 saturated carbocycles. The summed E-state index contributed by atoms with van der Waals surface area (Å²) in [6.07, 6.45) is 6.70. The fraction of sp³-hybridized carbons (Fsp3) is 0.375. The van der Waals surface area contributed by atoms with E-state index in [4.69, 9.17) is 4.98 Å². The van der Waals surface area contributed by atoms with E-state index < -0.39 is 5.97 Å². The lowest BCUT2D eigenvalue weighted by Crippen LogP contribution is -2.36. The molecule has 0 bridgehead atoms. The fourth-order valence-electron chi connectivity index (χ4n) is 4.66. The largest absolute Gasteiger partial charge is 0.478 e. The van der Waals surface area contributed by atoms with Gasteiger partial charge in [0.05, 0.1) is 11.6 Å². The van der Waals surface area contributed by atoms with Gasteiger partial charge in [-0.15, -0.1) is 0 Å². The molecule has 2 aromatic heterocycles. The van der Waals surface area contributed by atoms with E-state index in [9.17, 15) is 14.7 Å². The van der Waals surface area contributed by atoms with Crippen LogP contribution < -0.4 is 15.8 Å². The number of para-hydroxylation sites is 1. The summed E-state index contributed by atoms with van der Waals surface area (Å²) in [7, 11) is 0. The molecule has 7 nitrogen and oxygen atoms in total. The van der Waals surface area contributed by atoms with E-state index in [2.05, 4.69) is 26.1 Å². The Kier molecular flexibility index (Phi) is 5.20. The van der Waals surface area contributed by atoms with Gasteiger partial charge in [0.2, 0.25) is 0 Å². The van der Waals surface area contributed by atoms with E-state index in [-0.39, 0.29) is 17.2 Å². The molecule has 0 radical (unpaired) electrons. The van der Waals surface area contributed by atoms with Gasteiger partial charge in [-0.25, -0.2) is 9.78 Å².